The van der Waals surface area contributed by atoms with E-state index in [1.807, 2.05) is 0 Å². The van der Waals surface area contributed by atoms with Gasteiger partial charge in [0.1, 0.15) is 13.2 Å². The lowest BCUT2D eigenvalue weighted by Gasteiger charge is -2.09. The molecule has 0 saturated heterocycles. The first kappa shape index (κ1) is 19.7. The Balaban J connectivity index is 1.69. The van der Waals surface area contributed by atoms with Gasteiger partial charge in [-0.05, 0) is 33.8 Å². The van der Waals surface area contributed by atoms with Crippen LogP contribution in [0.4, 0.5) is 0 Å². The molecule has 28 heavy (non-hydrogen) atoms. The number of nitrogens with zero attached hydrogens (tertiary/aromatic N) is 4. The number of carbonyl (C=O) groups is 2. The topological polar surface area (TPSA) is 105 Å². The minimum Gasteiger partial charge on any atom is -0.462 e. The van der Waals surface area contributed by atoms with E-state index in [0.717, 1.165) is 5.69 Å². The summed E-state index contributed by atoms with van der Waals surface area (Å²) in [6.45, 7) is 7.20. The Bertz CT molecular complexity index is 1110. The van der Waals surface area contributed by atoms with Crippen molar-refractivity contribution in [1.29, 1.82) is 0 Å². The second-order valence-electron chi connectivity index (χ2n) is 6.18. The molecule has 3 aromatic rings. The Morgan fingerprint density at radius 1 is 1.18 bits per heavy atom. The van der Waals surface area contributed by atoms with Crippen molar-refractivity contribution in [2.75, 3.05) is 6.61 Å². The lowest BCUT2D eigenvalue weighted by atomic mass is 10.2. The molecule has 0 aliphatic carbocycles. The van der Waals surface area contributed by atoms with Gasteiger partial charge in [0.15, 0.2) is 5.01 Å². The smallest absolute Gasteiger partial charge is 0.339 e. The summed E-state index contributed by atoms with van der Waals surface area (Å²) in [6, 6.07) is 3.08. The van der Waals surface area contributed by atoms with Crippen LogP contribution in [0.2, 0.25) is 0 Å². The molecule has 0 N–H and O–H groups in total. The molecule has 0 atom stereocenters. The van der Waals surface area contributed by atoms with E-state index in [2.05, 4.69) is 10.1 Å². The van der Waals surface area contributed by atoms with Gasteiger partial charge < -0.3 is 14.0 Å². The van der Waals surface area contributed by atoms with Gasteiger partial charge >= 0.3 is 11.9 Å². The van der Waals surface area contributed by atoms with Crippen molar-refractivity contribution in [1.82, 2.24) is 19.2 Å². The minimum absolute atomic E-state index is 0.0424. The summed E-state index contributed by atoms with van der Waals surface area (Å²) >= 11 is 1.19. The van der Waals surface area contributed by atoms with Crippen molar-refractivity contribution < 1.29 is 19.1 Å². The summed E-state index contributed by atoms with van der Waals surface area (Å²) in [5.74, 6) is -0.897. The Kier molecular flexibility index (Phi) is 5.59. The zero-order valence-corrected chi connectivity index (χ0v) is 16.8. The quantitative estimate of drug-likeness (QED) is 0.577. The van der Waals surface area contributed by atoms with E-state index < -0.39 is 11.9 Å². The fourth-order valence-corrected chi connectivity index (χ4v) is 3.65. The standard InChI is InChI=1S/C18H20N4O5S/c1-5-26-17(25)13-7-11(3)21(12(13)4)8-16(24)27-9-14-20-22-15(23)6-10(2)19-18(22)28-14/h6-7H,5,8-9H2,1-4H3. The zero-order chi connectivity index (χ0) is 20.4. The molecule has 0 unspecified atom stereocenters. The van der Waals surface area contributed by atoms with Crippen LogP contribution in [-0.2, 0) is 27.4 Å². The third-order valence-electron chi connectivity index (χ3n) is 4.13. The second kappa shape index (κ2) is 7.93. The minimum atomic E-state index is -0.479. The second-order valence-corrected chi connectivity index (χ2v) is 7.22. The fraction of sp³-hybridized carbons (Fsp3) is 0.389. The van der Waals surface area contributed by atoms with Gasteiger partial charge in [0.05, 0.1) is 12.2 Å². The summed E-state index contributed by atoms with van der Waals surface area (Å²) in [7, 11) is 0. The predicted molar refractivity (Wildman–Crippen MR) is 102 cm³/mol. The third kappa shape index (κ3) is 3.96. The first-order valence-electron chi connectivity index (χ1n) is 8.66. The lowest BCUT2D eigenvalue weighted by Crippen LogP contribution is -2.17. The van der Waals surface area contributed by atoms with E-state index in [1.165, 1.54) is 21.9 Å². The van der Waals surface area contributed by atoms with Crippen LogP contribution in [0.3, 0.4) is 0 Å². The molecule has 0 aliphatic heterocycles. The molecule has 0 radical (unpaired) electrons. The van der Waals surface area contributed by atoms with Gasteiger partial charge in [0.2, 0.25) is 4.96 Å². The number of carbonyl (C=O) groups excluding carboxylic acids is 2. The molecule has 0 fully saturated rings. The molecular formula is C18H20N4O5S. The number of aryl methyl sites for hydroxylation is 2. The van der Waals surface area contributed by atoms with E-state index in [-0.39, 0.29) is 25.3 Å². The average Bonchev–Trinajstić information content (AvgIpc) is 3.16. The number of hydrogen-bond donors (Lipinski definition) is 0. The monoisotopic (exact) mass is 404 g/mol. The van der Waals surface area contributed by atoms with Gasteiger partial charge in [-0.15, -0.1) is 0 Å². The normalized spacial score (nSPS) is 11.0. The number of ether oxygens (including phenoxy) is 2. The summed E-state index contributed by atoms with van der Waals surface area (Å²) in [5.41, 5.74) is 2.15. The molecule has 0 aliphatic rings. The number of aromatic nitrogens is 4. The molecular weight excluding hydrogens is 384 g/mol. The highest BCUT2D eigenvalue weighted by Gasteiger charge is 2.19. The molecule has 0 saturated carbocycles. The van der Waals surface area contributed by atoms with Gasteiger partial charge in [-0.1, -0.05) is 11.3 Å². The van der Waals surface area contributed by atoms with Crippen molar-refractivity contribution in [2.45, 2.75) is 40.8 Å². The number of fused-ring (bicyclic) bond motifs is 1. The van der Waals surface area contributed by atoms with Crippen LogP contribution in [0.1, 0.15) is 39.4 Å². The third-order valence-corrected chi connectivity index (χ3v) is 5.01. The molecule has 0 amide bonds. The molecule has 0 bridgehead atoms. The zero-order valence-electron chi connectivity index (χ0n) is 16.0. The molecule has 3 aromatic heterocycles. The molecule has 148 valence electrons. The van der Waals surface area contributed by atoms with Crippen LogP contribution in [0.5, 0.6) is 0 Å². The van der Waals surface area contributed by atoms with Crippen LogP contribution in [0, 0.1) is 20.8 Å². The van der Waals surface area contributed by atoms with Gasteiger partial charge in [-0.25, -0.2) is 9.78 Å². The molecule has 0 spiro atoms. The lowest BCUT2D eigenvalue weighted by molar-refractivity contribution is -0.145. The van der Waals surface area contributed by atoms with Crippen molar-refractivity contribution in [3.8, 4) is 0 Å². The maximum atomic E-state index is 12.3. The molecule has 10 heteroatoms. The van der Waals surface area contributed by atoms with Crippen molar-refractivity contribution in [2.24, 2.45) is 0 Å². The van der Waals surface area contributed by atoms with E-state index in [4.69, 9.17) is 9.47 Å². The van der Waals surface area contributed by atoms with Gasteiger partial charge in [-0.2, -0.15) is 9.61 Å². The Morgan fingerprint density at radius 3 is 2.64 bits per heavy atom. The number of rotatable bonds is 6. The maximum Gasteiger partial charge on any atom is 0.339 e. The van der Waals surface area contributed by atoms with Crippen molar-refractivity contribution in [3.63, 3.8) is 0 Å². The molecule has 0 aromatic carbocycles. The molecule has 3 heterocycles. The van der Waals surface area contributed by atoms with Gasteiger partial charge in [-0.3, -0.25) is 9.59 Å². The summed E-state index contributed by atoms with van der Waals surface area (Å²) in [6.07, 6.45) is 0. The highest BCUT2D eigenvalue weighted by atomic mass is 32.1. The first-order valence-corrected chi connectivity index (χ1v) is 9.47. The Hall–Kier alpha value is -3.01. The largest absolute Gasteiger partial charge is 0.462 e. The van der Waals surface area contributed by atoms with E-state index >= 15 is 0 Å². The Labute approximate surface area is 164 Å². The van der Waals surface area contributed by atoms with Crippen LogP contribution >= 0.6 is 11.3 Å². The van der Waals surface area contributed by atoms with E-state index in [9.17, 15) is 14.4 Å². The highest BCUT2D eigenvalue weighted by molar-refractivity contribution is 7.16. The average molecular weight is 404 g/mol. The Morgan fingerprint density at radius 2 is 1.93 bits per heavy atom. The van der Waals surface area contributed by atoms with Crippen molar-refractivity contribution in [3.05, 3.63) is 50.1 Å². The van der Waals surface area contributed by atoms with Crippen molar-refractivity contribution >= 4 is 28.2 Å². The maximum absolute atomic E-state index is 12.3. The predicted octanol–water partition coefficient (Wildman–Crippen LogP) is 1.80. The highest BCUT2D eigenvalue weighted by Crippen LogP contribution is 2.17. The fourth-order valence-electron chi connectivity index (χ4n) is 2.80. The van der Waals surface area contributed by atoms with Gasteiger partial charge in [0.25, 0.3) is 5.56 Å². The van der Waals surface area contributed by atoms with Crippen LogP contribution in [0.15, 0.2) is 16.9 Å². The number of esters is 2. The van der Waals surface area contributed by atoms with E-state index in [1.54, 1.807) is 38.3 Å². The van der Waals surface area contributed by atoms with Crippen LogP contribution in [0.25, 0.3) is 4.96 Å². The number of hydrogen-bond acceptors (Lipinski definition) is 8. The molecule has 3 rings (SSSR count). The van der Waals surface area contributed by atoms with Crippen LogP contribution < -0.4 is 5.56 Å². The first-order chi connectivity index (χ1) is 13.3. The van der Waals surface area contributed by atoms with Gasteiger partial charge in [0, 0.05) is 23.1 Å². The SMILES string of the molecule is CCOC(=O)c1cc(C)n(CC(=O)OCc2nn3c(=O)cc(C)nc3s2)c1C. The summed E-state index contributed by atoms with van der Waals surface area (Å²) < 4.78 is 13.2. The van der Waals surface area contributed by atoms with E-state index in [0.29, 0.717) is 26.9 Å². The molecule has 9 nitrogen and oxygen atoms in total. The summed E-state index contributed by atoms with van der Waals surface area (Å²) in [5, 5.41) is 4.60. The summed E-state index contributed by atoms with van der Waals surface area (Å²) in [4.78, 5) is 40.8. The van der Waals surface area contributed by atoms with Crippen LogP contribution in [-0.4, -0.2) is 37.7 Å².